The number of likely N-dealkylation sites (N-methyl/N-ethyl adjacent to an activating group) is 1. The minimum Gasteiger partial charge on any atom is -0.381 e. The van der Waals surface area contributed by atoms with Gasteiger partial charge in [-0.05, 0) is 29.3 Å². The third-order valence-electron chi connectivity index (χ3n) is 3.63. The summed E-state index contributed by atoms with van der Waals surface area (Å²) in [4.78, 5) is 11.1. The molecule has 1 saturated carbocycles. The fraction of sp³-hybridized carbons (Fsp3) is 0.462. The number of aldehydes is 1. The lowest BCUT2D eigenvalue weighted by atomic mass is 10.1. The Morgan fingerprint density at radius 2 is 2.26 bits per heavy atom. The Balaban J connectivity index is 1.84. The van der Waals surface area contributed by atoms with Gasteiger partial charge in [0.1, 0.15) is 0 Å². The van der Waals surface area contributed by atoms with Gasteiger partial charge >= 0.3 is 0 Å². The highest BCUT2D eigenvalue weighted by Gasteiger charge is 2.39. The average molecular weight is 260 g/mol. The van der Waals surface area contributed by atoms with Gasteiger partial charge in [-0.25, -0.2) is 10.0 Å². The van der Waals surface area contributed by atoms with E-state index in [-0.39, 0.29) is 0 Å². The highest BCUT2D eigenvalue weighted by molar-refractivity contribution is 5.66. The predicted octanol–water partition coefficient (Wildman–Crippen LogP) is 1.75. The third kappa shape index (κ3) is 2.08. The first kappa shape index (κ1) is 12.1. The van der Waals surface area contributed by atoms with Crippen LogP contribution >= 0.6 is 0 Å². The summed E-state index contributed by atoms with van der Waals surface area (Å²) in [6.45, 7) is 0. The first-order chi connectivity index (χ1) is 9.24. The summed E-state index contributed by atoms with van der Waals surface area (Å²) >= 11 is 0. The second-order valence-corrected chi connectivity index (χ2v) is 4.86. The second kappa shape index (κ2) is 4.62. The lowest BCUT2D eigenvalue weighted by Gasteiger charge is -2.21. The fourth-order valence-corrected chi connectivity index (χ4v) is 2.40. The third-order valence-corrected chi connectivity index (χ3v) is 3.63. The number of rotatable bonds is 4. The van der Waals surface area contributed by atoms with Crippen molar-refractivity contribution in [3.63, 3.8) is 0 Å². The van der Waals surface area contributed by atoms with Gasteiger partial charge in [0.2, 0.25) is 0 Å². The van der Waals surface area contributed by atoms with E-state index in [0.717, 1.165) is 18.4 Å². The predicted molar refractivity (Wildman–Crippen MR) is 69.5 cm³/mol. The fourth-order valence-electron chi connectivity index (χ4n) is 2.40. The van der Waals surface area contributed by atoms with Crippen molar-refractivity contribution in [3.05, 3.63) is 29.8 Å². The van der Waals surface area contributed by atoms with E-state index < -0.39 is 6.17 Å². The summed E-state index contributed by atoms with van der Waals surface area (Å²) in [5, 5.41) is 11.1. The number of methoxy groups -OCH3 is 1. The summed E-state index contributed by atoms with van der Waals surface area (Å²) in [6.07, 6.45) is 1.74. The smallest absolute Gasteiger partial charge is 0.197 e. The van der Waals surface area contributed by atoms with Crippen LogP contribution < -0.4 is 5.01 Å². The van der Waals surface area contributed by atoms with Gasteiger partial charge < -0.3 is 4.74 Å². The van der Waals surface area contributed by atoms with Crippen LogP contribution in [-0.4, -0.2) is 37.7 Å². The summed E-state index contributed by atoms with van der Waals surface area (Å²) in [7, 11) is 3.47. The Hall–Kier alpha value is -1.95. The number of carbonyl (C=O) groups is 1. The molecule has 1 fully saturated rings. The first-order valence-corrected chi connectivity index (χ1v) is 6.26. The molecule has 0 bridgehead atoms. The molecule has 1 aliphatic heterocycles. The van der Waals surface area contributed by atoms with Gasteiger partial charge in [-0.1, -0.05) is 17.4 Å². The van der Waals surface area contributed by atoms with Crippen molar-refractivity contribution in [3.8, 4) is 0 Å². The Bertz CT molecular complexity index is 519. The number of nitrogens with zero attached hydrogens (tertiary/aromatic N) is 4. The molecule has 6 nitrogen and oxygen atoms in total. The number of ether oxygens (including phenoxy) is 1. The van der Waals surface area contributed by atoms with Crippen molar-refractivity contribution in [2.75, 3.05) is 19.2 Å². The molecule has 0 spiro atoms. The quantitative estimate of drug-likeness (QED) is 0.774. The van der Waals surface area contributed by atoms with Gasteiger partial charge in [-0.3, -0.25) is 4.79 Å². The Labute approximate surface area is 111 Å². The van der Waals surface area contributed by atoms with Crippen LogP contribution in [0.4, 0.5) is 5.69 Å². The molecular formula is C13H16N4O2. The van der Waals surface area contributed by atoms with Gasteiger partial charge in [-0.15, -0.1) is 0 Å². The van der Waals surface area contributed by atoms with Gasteiger partial charge in [0, 0.05) is 20.1 Å². The highest BCUT2D eigenvalue weighted by atomic mass is 16.5. The van der Waals surface area contributed by atoms with E-state index in [1.807, 2.05) is 12.1 Å². The first-order valence-electron chi connectivity index (χ1n) is 6.26. The summed E-state index contributed by atoms with van der Waals surface area (Å²) in [5.41, 5.74) is 2.10. The molecule has 1 aromatic carbocycles. The van der Waals surface area contributed by atoms with E-state index in [1.54, 1.807) is 19.2 Å². The molecule has 0 aromatic heterocycles. The topological polar surface area (TPSA) is 57.5 Å². The van der Waals surface area contributed by atoms with Crippen molar-refractivity contribution in [2.24, 2.45) is 10.4 Å². The lowest BCUT2D eigenvalue weighted by Crippen LogP contribution is -2.37. The molecule has 3 unspecified atom stereocenters. The van der Waals surface area contributed by atoms with E-state index in [4.69, 9.17) is 4.74 Å². The van der Waals surface area contributed by atoms with E-state index in [0.29, 0.717) is 12.0 Å². The maximum Gasteiger partial charge on any atom is 0.197 e. The molecule has 6 heteroatoms. The van der Waals surface area contributed by atoms with E-state index in [2.05, 4.69) is 22.6 Å². The van der Waals surface area contributed by atoms with Crippen LogP contribution in [0.25, 0.3) is 0 Å². The minimum atomic E-state index is -0.465. The molecule has 19 heavy (non-hydrogen) atoms. The number of benzene rings is 1. The molecule has 3 rings (SSSR count). The van der Waals surface area contributed by atoms with Crippen LogP contribution in [0.15, 0.2) is 34.7 Å². The van der Waals surface area contributed by atoms with Crippen LogP contribution in [0, 0.1) is 0 Å². The van der Waals surface area contributed by atoms with Crippen molar-refractivity contribution < 1.29 is 9.53 Å². The molecule has 0 radical (unpaired) electrons. The van der Waals surface area contributed by atoms with Gasteiger partial charge in [-0.2, -0.15) is 0 Å². The summed E-state index contributed by atoms with van der Waals surface area (Å²) in [5.74, 6) is 0.455. The molecule has 0 amide bonds. The molecule has 100 valence electrons. The van der Waals surface area contributed by atoms with Crippen molar-refractivity contribution in [1.29, 1.82) is 0 Å². The maximum atomic E-state index is 11.1. The van der Waals surface area contributed by atoms with Crippen molar-refractivity contribution in [2.45, 2.75) is 24.6 Å². The van der Waals surface area contributed by atoms with E-state index in [1.165, 1.54) is 10.6 Å². The largest absolute Gasteiger partial charge is 0.381 e. The van der Waals surface area contributed by atoms with Crippen LogP contribution in [0.3, 0.4) is 0 Å². The molecule has 1 aliphatic carbocycles. The maximum absolute atomic E-state index is 11.1. The molecular weight excluding hydrogens is 244 g/mol. The van der Waals surface area contributed by atoms with E-state index >= 15 is 0 Å². The van der Waals surface area contributed by atoms with E-state index in [9.17, 15) is 4.79 Å². The molecule has 0 saturated heterocycles. The zero-order chi connectivity index (χ0) is 13.4. The van der Waals surface area contributed by atoms with Crippen LogP contribution in [-0.2, 0) is 9.53 Å². The van der Waals surface area contributed by atoms with Crippen LogP contribution in [0.2, 0.25) is 0 Å². The number of carbonyl (C=O) groups excluding carboxylic acids is 1. The van der Waals surface area contributed by atoms with Crippen LogP contribution in [0.5, 0.6) is 0 Å². The van der Waals surface area contributed by atoms with Gasteiger partial charge in [0.05, 0.1) is 11.8 Å². The monoisotopic (exact) mass is 260 g/mol. The number of hydrogen-bond acceptors (Lipinski definition) is 6. The SMILES string of the molecule is COC1CC1c1cccc(N2N=NN(C)C2C=O)c1. The average Bonchev–Trinajstić information content (AvgIpc) is 3.14. The molecule has 2 aliphatic rings. The zero-order valence-electron chi connectivity index (χ0n) is 10.9. The minimum absolute atomic E-state index is 0.319. The van der Waals surface area contributed by atoms with Gasteiger partial charge in [0.15, 0.2) is 12.5 Å². The molecule has 0 N–H and O–H groups in total. The number of hydrogen-bond donors (Lipinski definition) is 0. The van der Waals surface area contributed by atoms with Gasteiger partial charge in [0.25, 0.3) is 0 Å². The zero-order valence-corrected chi connectivity index (χ0v) is 10.9. The second-order valence-electron chi connectivity index (χ2n) is 4.86. The summed E-state index contributed by atoms with van der Waals surface area (Å²) < 4.78 is 5.33. The Kier molecular flexibility index (Phi) is 2.94. The normalized spacial score (nSPS) is 28.8. The summed E-state index contributed by atoms with van der Waals surface area (Å²) in [6, 6.07) is 8.05. The highest BCUT2D eigenvalue weighted by Crippen LogP contribution is 2.43. The Morgan fingerprint density at radius 1 is 1.42 bits per heavy atom. The van der Waals surface area contributed by atoms with Crippen molar-refractivity contribution >= 4 is 12.0 Å². The number of anilines is 1. The Morgan fingerprint density at radius 3 is 2.95 bits per heavy atom. The van der Waals surface area contributed by atoms with Crippen molar-refractivity contribution in [1.82, 2.24) is 5.01 Å². The standard InChI is InChI=1S/C13H16N4O2/c1-16-13(8-18)17(15-14-16)10-5-3-4-9(6-10)11-7-12(11)19-2/h3-6,8,11-13H,7H2,1-2H3. The molecule has 1 heterocycles. The lowest BCUT2D eigenvalue weighted by molar-refractivity contribution is -0.111. The van der Waals surface area contributed by atoms with Crippen LogP contribution in [0.1, 0.15) is 17.9 Å². The molecule has 1 aromatic rings. The molecule has 3 atom stereocenters.